The summed E-state index contributed by atoms with van der Waals surface area (Å²) < 4.78 is 51.8. The normalized spacial score (nSPS) is 16.0. The van der Waals surface area contributed by atoms with Crippen molar-refractivity contribution in [1.29, 1.82) is 0 Å². The molecule has 0 saturated carbocycles. The van der Waals surface area contributed by atoms with E-state index in [4.69, 9.17) is 4.74 Å². The Balaban J connectivity index is 2.21. The van der Waals surface area contributed by atoms with Crippen LogP contribution in [0.5, 0.6) is 5.75 Å². The van der Waals surface area contributed by atoms with Gasteiger partial charge in [-0.3, -0.25) is 0 Å². The second-order valence-corrected chi connectivity index (χ2v) is 5.35. The van der Waals surface area contributed by atoms with Gasteiger partial charge in [-0.2, -0.15) is 0 Å². The van der Waals surface area contributed by atoms with E-state index in [0.717, 1.165) is 0 Å². The van der Waals surface area contributed by atoms with Crippen molar-refractivity contribution in [3.8, 4) is 5.75 Å². The smallest absolute Gasteiger partial charge is 0.337 e. The van der Waals surface area contributed by atoms with Gasteiger partial charge in [-0.05, 0) is 36.8 Å². The summed E-state index contributed by atoms with van der Waals surface area (Å²) in [5.41, 5.74) is 0.378. The van der Waals surface area contributed by atoms with E-state index in [1.807, 2.05) is 0 Å². The van der Waals surface area contributed by atoms with Crippen molar-refractivity contribution in [2.24, 2.45) is 0 Å². The second kappa shape index (κ2) is 6.03. The molecule has 0 saturated heterocycles. The second-order valence-electron chi connectivity index (χ2n) is 5.35. The molecule has 1 aliphatic rings. The van der Waals surface area contributed by atoms with Crippen LogP contribution in [-0.2, 0) is 4.74 Å². The van der Waals surface area contributed by atoms with Gasteiger partial charge in [-0.1, -0.05) is 0 Å². The third-order valence-corrected chi connectivity index (χ3v) is 3.68. The van der Waals surface area contributed by atoms with E-state index < -0.39 is 29.5 Å². The van der Waals surface area contributed by atoms with E-state index in [2.05, 4.69) is 4.74 Å². The summed E-state index contributed by atoms with van der Waals surface area (Å²) in [6.07, 6.45) is 1.07. The van der Waals surface area contributed by atoms with Crippen LogP contribution < -0.4 is 4.74 Å². The zero-order valence-corrected chi connectivity index (χ0v) is 12.9. The van der Waals surface area contributed by atoms with Gasteiger partial charge in [0.15, 0.2) is 0 Å². The highest BCUT2D eigenvalue weighted by Gasteiger charge is 2.25. The van der Waals surface area contributed by atoms with Crippen LogP contribution in [0.3, 0.4) is 0 Å². The Bertz CT molecular complexity index is 836. The number of methoxy groups -OCH3 is 1. The Morgan fingerprint density at radius 3 is 2.42 bits per heavy atom. The number of fused-ring (bicyclic) bond motifs is 1. The molecule has 1 aliphatic heterocycles. The molecule has 3 nitrogen and oxygen atoms in total. The molecule has 1 atom stereocenters. The predicted molar refractivity (Wildman–Crippen MR) is 81.3 cm³/mol. The zero-order valence-electron chi connectivity index (χ0n) is 12.9. The van der Waals surface area contributed by atoms with Gasteiger partial charge < -0.3 is 9.47 Å². The maximum Gasteiger partial charge on any atom is 0.337 e. The summed E-state index contributed by atoms with van der Waals surface area (Å²) in [4.78, 5) is 11.7. The van der Waals surface area contributed by atoms with Crippen molar-refractivity contribution in [2.75, 3.05) is 7.11 Å². The molecule has 2 aromatic carbocycles. The summed E-state index contributed by atoms with van der Waals surface area (Å²) in [5, 5.41) is 0. The highest BCUT2D eigenvalue weighted by molar-refractivity contribution is 5.93. The molecule has 0 bridgehead atoms. The van der Waals surface area contributed by atoms with Crippen LogP contribution in [0.1, 0.15) is 28.4 Å². The van der Waals surface area contributed by atoms with Crippen molar-refractivity contribution in [3.63, 3.8) is 0 Å². The van der Waals surface area contributed by atoms with E-state index >= 15 is 0 Å². The Morgan fingerprint density at radius 1 is 1.12 bits per heavy atom. The van der Waals surface area contributed by atoms with Crippen molar-refractivity contribution in [2.45, 2.75) is 13.0 Å². The Hall–Kier alpha value is -2.76. The van der Waals surface area contributed by atoms with Crippen molar-refractivity contribution < 1.29 is 27.4 Å². The van der Waals surface area contributed by atoms with Crippen LogP contribution in [0.25, 0.3) is 5.57 Å². The number of halogens is 3. The van der Waals surface area contributed by atoms with E-state index in [0.29, 0.717) is 23.4 Å². The van der Waals surface area contributed by atoms with Gasteiger partial charge in [0.1, 0.15) is 29.3 Å². The minimum Gasteiger partial charge on any atom is -0.486 e. The van der Waals surface area contributed by atoms with Crippen LogP contribution >= 0.6 is 0 Å². The van der Waals surface area contributed by atoms with Gasteiger partial charge >= 0.3 is 5.97 Å². The molecule has 0 fully saturated rings. The van der Waals surface area contributed by atoms with E-state index in [1.54, 1.807) is 6.92 Å². The summed E-state index contributed by atoms with van der Waals surface area (Å²) >= 11 is 0. The fourth-order valence-electron chi connectivity index (χ4n) is 2.66. The fraction of sp³-hybridized carbons (Fsp3) is 0.167. The first-order valence-electron chi connectivity index (χ1n) is 7.17. The van der Waals surface area contributed by atoms with E-state index in [1.165, 1.54) is 31.4 Å². The minimum absolute atomic E-state index is 0.199. The summed E-state index contributed by atoms with van der Waals surface area (Å²) in [6.45, 7) is 1.70. The maximum absolute atomic E-state index is 14.2. The monoisotopic (exact) mass is 334 g/mol. The first kappa shape index (κ1) is 16.1. The Morgan fingerprint density at radius 2 is 1.79 bits per heavy atom. The van der Waals surface area contributed by atoms with Gasteiger partial charge in [0.25, 0.3) is 0 Å². The molecule has 1 heterocycles. The third-order valence-electron chi connectivity index (χ3n) is 3.68. The topological polar surface area (TPSA) is 35.5 Å². The average molecular weight is 334 g/mol. The molecule has 6 heteroatoms. The van der Waals surface area contributed by atoms with E-state index in [-0.39, 0.29) is 16.7 Å². The predicted octanol–water partition coefficient (Wildman–Crippen LogP) is 4.10. The van der Waals surface area contributed by atoms with Crippen LogP contribution in [0.2, 0.25) is 0 Å². The number of esters is 1. The van der Waals surface area contributed by atoms with Crippen LogP contribution in [0.4, 0.5) is 13.2 Å². The lowest BCUT2D eigenvalue weighted by Gasteiger charge is -2.24. The standard InChI is InChI=1S/C18H13F3O3/c1-9-5-13(17-14(20)7-11(19)8-15(17)21)12-6-10(18(22)23-2)3-4-16(12)24-9/h3-9H,1-2H3/t9-/m1/s1. The number of rotatable bonds is 2. The average Bonchev–Trinajstić information content (AvgIpc) is 2.52. The molecular formula is C18H13F3O3. The van der Waals surface area contributed by atoms with Crippen LogP contribution in [0, 0.1) is 17.5 Å². The molecule has 0 amide bonds. The van der Waals surface area contributed by atoms with Crippen molar-refractivity contribution in [1.82, 2.24) is 0 Å². The zero-order chi connectivity index (χ0) is 17.4. The van der Waals surface area contributed by atoms with E-state index in [9.17, 15) is 18.0 Å². The number of carbonyl (C=O) groups excluding carboxylic acids is 1. The maximum atomic E-state index is 14.2. The molecule has 0 aromatic heterocycles. The molecule has 0 unspecified atom stereocenters. The summed E-state index contributed by atoms with van der Waals surface area (Å²) in [5.74, 6) is -3.27. The molecule has 24 heavy (non-hydrogen) atoms. The Labute approximate surface area is 136 Å². The lowest BCUT2D eigenvalue weighted by Crippen LogP contribution is -2.17. The number of ether oxygens (including phenoxy) is 2. The van der Waals surface area contributed by atoms with Gasteiger partial charge in [0.2, 0.25) is 0 Å². The quantitative estimate of drug-likeness (QED) is 0.776. The van der Waals surface area contributed by atoms with Crippen LogP contribution in [0.15, 0.2) is 36.4 Å². The molecule has 0 aliphatic carbocycles. The number of benzene rings is 2. The van der Waals surface area contributed by atoms with Gasteiger partial charge in [0, 0.05) is 17.7 Å². The largest absolute Gasteiger partial charge is 0.486 e. The summed E-state index contributed by atoms with van der Waals surface area (Å²) in [6, 6.07) is 5.69. The molecule has 2 aromatic rings. The lowest BCUT2D eigenvalue weighted by molar-refractivity contribution is 0.0600. The number of hydrogen-bond donors (Lipinski definition) is 0. The highest BCUT2D eigenvalue weighted by atomic mass is 19.1. The van der Waals surface area contributed by atoms with Crippen LogP contribution in [-0.4, -0.2) is 19.2 Å². The van der Waals surface area contributed by atoms with Gasteiger partial charge in [0.05, 0.1) is 18.2 Å². The Kier molecular flexibility index (Phi) is 4.05. The van der Waals surface area contributed by atoms with Gasteiger partial charge in [-0.15, -0.1) is 0 Å². The molecule has 124 valence electrons. The molecular weight excluding hydrogens is 321 g/mol. The summed E-state index contributed by atoms with van der Waals surface area (Å²) in [7, 11) is 1.23. The molecule has 3 rings (SSSR count). The molecule has 0 radical (unpaired) electrons. The van der Waals surface area contributed by atoms with Gasteiger partial charge in [-0.25, -0.2) is 18.0 Å². The molecule has 0 spiro atoms. The number of hydrogen-bond acceptors (Lipinski definition) is 3. The minimum atomic E-state index is -1.03. The first-order valence-corrected chi connectivity index (χ1v) is 7.17. The SMILES string of the molecule is COC(=O)c1ccc2c(c1)C(c1c(F)cc(F)cc1F)=C[C@@H](C)O2. The number of carbonyl (C=O) groups is 1. The van der Waals surface area contributed by atoms with Crippen molar-refractivity contribution in [3.05, 3.63) is 70.5 Å². The lowest BCUT2D eigenvalue weighted by atomic mass is 9.92. The third kappa shape index (κ3) is 2.75. The highest BCUT2D eigenvalue weighted by Crippen LogP contribution is 2.38. The first-order chi connectivity index (χ1) is 11.4. The fourth-order valence-corrected chi connectivity index (χ4v) is 2.66. The molecule has 0 N–H and O–H groups in total. The van der Waals surface area contributed by atoms with Crippen molar-refractivity contribution >= 4 is 11.5 Å².